The first-order valence-electron chi connectivity index (χ1n) is 5.75. The van der Waals surface area contributed by atoms with Crippen LogP contribution in [0.5, 0.6) is 0 Å². The Morgan fingerprint density at radius 2 is 2.17 bits per heavy atom. The first-order valence-corrected chi connectivity index (χ1v) is 5.75. The number of nitro groups is 1. The number of nitrogens with zero attached hydrogens (tertiary/aromatic N) is 2. The first kappa shape index (κ1) is 16.1. The van der Waals surface area contributed by atoms with Crippen LogP contribution in [0.2, 0.25) is 0 Å². The molecule has 0 bridgehead atoms. The highest BCUT2D eigenvalue weighted by Crippen LogP contribution is 2.14. The molecule has 0 fully saturated rings. The molecule has 0 radical (unpaired) electrons. The van der Waals surface area contributed by atoms with Crippen molar-refractivity contribution in [2.24, 2.45) is 5.16 Å². The van der Waals surface area contributed by atoms with Crippen LogP contribution < -0.4 is 5.32 Å². The molecule has 1 amide bonds. The standard InChI is InChI=1S/C11H19N3O4/c1-4-9(11(5-2)14(17)18)6-10(13-16)7-12-8(3)15/h6,11,16H,4-5,7H2,1-3H3,(H,12,15)/b9-6+,13-10-. The maximum atomic E-state index is 10.9. The number of hydrogen-bond acceptors (Lipinski definition) is 5. The lowest BCUT2D eigenvalue weighted by molar-refractivity contribution is -0.512. The van der Waals surface area contributed by atoms with Gasteiger partial charge in [0.25, 0.3) is 0 Å². The van der Waals surface area contributed by atoms with Gasteiger partial charge in [-0.1, -0.05) is 19.0 Å². The minimum Gasteiger partial charge on any atom is -0.411 e. The number of carbonyl (C=O) groups is 1. The van der Waals surface area contributed by atoms with Gasteiger partial charge >= 0.3 is 0 Å². The van der Waals surface area contributed by atoms with E-state index in [1.54, 1.807) is 13.8 Å². The van der Waals surface area contributed by atoms with Crippen molar-refractivity contribution in [2.45, 2.75) is 39.7 Å². The van der Waals surface area contributed by atoms with E-state index >= 15 is 0 Å². The monoisotopic (exact) mass is 257 g/mol. The third-order valence-corrected chi connectivity index (χ3v) is 2.48. The Labute approximate surface area is 106 Å². The molecule has 0 aromatic rings. The average molecular weight is 257 g/mol. The molecule has 0 saturated heterocycles. The van der Waals surface area contributed by atoms with E-state index in [1.807, 2.05) is 0 Å². The second-order valence-corrected chi connectivity index (χ2v) is 3.78. The largest absolute Gasteiger partial charge is 0.411 e. The van der Waals surface area contributed by atoms with Crippen molar-refractivity contribution in [3.8, 4) is 0 Å². The van der Waals surface area contributed by atoms with Crippen molar-refractivity contribution < 1.29 is 14.9 Å². The van der Waals surface area contributed by atoms with E-state index < -0.39 is 6.04 Å². The van der Waals surface area contributed by atoms with E-state index in [1.165, 1.54) is 13.0 Å². The SMILES string of the molecule is CC/C(=C\C(CNC(C)=O)=N\O)C(CC)[N+](=O)[O-]. The Balaban J connectivity index is 4.94. The molecule has 18 heavy (non-hydrogen) atoms. The van der Waals surface area contributed by atoms with Gasteiger partial charge in [0.1, 0.15) is 0 Å². The fourth-order valence-electron chi connectivity index (χ4n) is 1.52. The lowest BCUT2D eigenvalue weighted by Gasteiger charge is -2.10. The van der Waals surface area contributed by atoms with Crippen LogP contribution in [0, 0.1) is 10.1 Å². The molecule has 0 heterocycles. The number of rotatable bonds is 7. The van der Waals surface area contributed by atoms with Gasteiger partial charge in [0, 0.05) is 23.8 Å². The van der Waals surface area contributed by atoms with Gasteiger partial charge in [-0.2, -0.15) is 0 Å². The van der Waals surface area contributed by atoms with E-state index in [0.717, 1.165) is 0 Å². The van der Waals surface area contributed by atoms with Crippen LogP contribution in [0.1, 0.15) is 33.6 Å². The van der Waals surface area contributed by atoms with Gasteiger partial charge in [0.15, 0.2) is 0 Å². The van der Waals surface area contributed by atoms with Crippen LogP contribution in [0.25, 0.3) is 0 Å². The summed E-state index contributed by atoms with van der Waals surface area (Å²) in [6.07, 6.45) is 2.32. The van der Waals surface area contributed by atoms with Crippen LogP contribution >= 0.6 is 0 Å². The molecule has 0 aromatic heterocycles. The quantitative estimate of drug-likeness (QED) is 0.311. The van der Waals surface area contributed by atoms with Crippen molar-refractivity contribution in [3.05, 3.63) is 21.8 Å². The average Bonchev–Trinajstić information content (AvgIpc) is 2.32. The summed E-state index contributed by atoms with van der Waals surface area (Å²) < 4.78 is 0. The van der Waals surface area contributed by atoms with E-state index in [2.05, 4.69) is 10.5 Å². The van der Waals surface area contributed by atoms with E-state index in [9.17, 15) is 14.9 Å². The van der Waals surface area contributed by atoms with Gasteiger partial charge in [-0.3, -0.25) is 14.9 Å². The van der Waals surface area contributed by atoms with Crippen LogP contribution in [-0.4, -0.2) is 34.3 Å². The summed E-state index contributed by atoms with van der Waals surface area (Å²) in [5.74, 6) is -0.260. The third-order valence-electron chi connectivity index (χ3n) is 2.48. The van der Waals surface area contributed by atoms with Crippen LogP contribution in [-0.2, 0) is 4.79 Å². The van der Waals surface area contributed by atoms with Crippen molar-refractivity contribution in [2.75, 3.05) is 6.54 Å². The lowest BCUT2D eigenvalue weighted by atomic mass is 10.0. The fourth-order valence-corrected chi connectivity index (χ4v) is 1.52. The van der Waals surface area contributed by atoms with Gasteiger partial charge in [-0.05, 0) is 12.5 Å². The number of amides is 1. The summed E-state index contributed by atoms with van der Waals surface area (Å²) in [5, 5.41) is 25.2. The van der Waals surface area contributed by atoms with Gasteiger partial charge in [-0.15, -0.1) is 0 Å². The fraction of sp³-hybridized carbons (Fsp3) is 0.636. The van der Waals surface area contributed by atoms with Gasteiger partial charge < -0.3 is 10.5 Å². The van der Waals surface area contributed by atoms with Crippen LogP contribution in [0.4, 0.5) is 0 Å². The highest BCUT2D eigenvalue weighted by Gasteiger charge is 2.22. The molecule has 0 aliphatic heterocycles. The second kappa shape index (κ2) is 8.21. The zero-order valence-electron chi connectivity index (χ0n) is 10.8. The Morgan fingerprint density at radius 3 is 2.50 bits per heavy atom. The predicted molar refractivity (Wildman–Crippen MR) is 67.4 cm³/mol. The lowest BCUT2D eigenvalue weighted by Crippen LogP contribution is -2.28. The molecule has 0 aliphatic rings. The number of nitrogens with one attached hydrogen (secondary N) is 1. The normalized spacial score (nSPS) is 14.2. The minimum absolute atomic E-state index is 0.0451. The molecule has 0 saturated carbocycles. The number of carbonyl (C=O) groups excluding carboxylic acids is 1. The Hall–Kier alpha value is -1.92. The third kappa shape index (κ3) is 5.42. The Bertz CT molecular complexity index is 363. The topological polar surface area (TPSA) is 105 Å². The zero-order valence-corrected chi connectivity index (χ0v) is 10.8. The summed E-state index contributed by atoms with van der Waals surface area (Å²) in [5.41, 5.74) is 0.767. The van der Waals surface area contributed by atoms with Crippen molar-refractivity contribution in [1.29, 1.82) is 0 Å². The summed E-state index contributed by atoms with van der Waals surface area (Å²) in [4.78, 5) is 21.2. The predicted octanol–water partition coefficient (Wildman–Crippen LogP) is 1.34. The molecule has 1 unspecified atom stereocenters. The molecule has 0 rings (SSSR count). The molecule has 1 atom stereocenters. The zero-order chi connectivity index (χ0) is 14.1. The molecular weight excluding hydrogens is 238 g/mol. The van der Waals surface area contributed by atoms with E-state index in [-0.39, 0.29) is 23.1 Å². The molecular formula is C11H19N3O4. The smallest absolute Gasteiger partial charge is 0.234 e. The van der Waals surface area contributed by atoms with E-state index in [4.69, 9.17) is 5.21 Å². The summed E-state index contributed by atoms with van der Waals surface area (Å²) in [7, 11) is 0. The Kier molecular flexibility index (Phi) is 7.34. The first-order chi connectivity index (χ1) is 8.46. The molecule has 0 spiro atoms. The summed E-state index contributed by atoms with van der Waals surface area (Å²) >= 11 is 0. The van der Waals surface area contributed by atoms with E-state index in [0.29, 0.717) is 18.4 Å². The molecule has 2 N–H and O–H groups in total. The van der Waals surface area contributed by atoms with Crippen molar-refractivity contribution >= 4 is 11.6 Å². The van der Waals surface area contributed by atoms with Gasteiger partial charge in [0.2, 0.25) is 11.9 Å². The summed E-state index contributed by atoms with van der Waals surface area (Å²) in [6, 6.07) is -0.788. The molecule has 0 aliphatic carbocycles. The van der Waals surface area contributed by atoms with Crippen LogP contribution in [0.3, 0.4) is 0 Å². The molecule has 0 aromatic carbocycles. The van der Waals surface area contributed by atoms with Gasteiger partial charge in [-0.25, -0.2) is 0 Å². The molecule has 7 nitrogen and oxygen atoms in total. The Morgan fingerprint density at radius 1 is 1.56 bits per heavy atom. The second-order valence-electron chi connectivity index (χ2n) is 3.78. The van der Waals surface area contributed by atoms with Crippen LogP contribution in [0.15, 0.2) is 16.8 Å². The number of oxime groups is 1. The number of hydrogen-bond donors (Lipinski definition) is 2. The van der Waals surface area contributed by atoms with Gasteiger partial charge in [0.05, 0.1) is 12.3 Å². The highest BCUT2D eigenvalue weighted by atomic mass is 16.6. The van der Waals surface area contributed by atoms with Crippen molar-refractivity contribution in [1.82, 2.24) is 5.32 Å². The summed E-state index contributed by atoms with van der Waals surface area (Å²) in [6.45, 7) is 4.90. The van der Waals surface area contributed by atoms with Crippen molar-refractivity contribution in [3.63, 3.8) is 0 Å². The molecule has 102 valence electrons. The maximum absolute atomic E-state index is 10.9. The highest BCUT2D eigenvalue weighted by molar-refractivity contribution is 5.98. The minimum atomic E-state index is -0.788. The molecule has 7 heteroatoms. The maximum Gasteiger partial charge on any atom is 0.234 e.